The first kappa shape index (κ1) is 14.8. The SMILES string of the molecule is CC(C)CNCCCCn1ccc(=O)c2ccccc21. The van der Waals surface area contributed by atoms with E-state index < -0.39 is 0 Å². The lowest BCUT2D eigenvalue weighted by molar-refractivity contribution is 0.522. The van der Waals surface area contributed by atoms with E-state index in [4.69, 9.17) is 0 Å². The predicted octanol–water partition coefficient (Wildman–Crippen LogP) is 3.03. The van der Waals surface area contributed by atoms with E-state index in [-0.39, 0.29) is 5.43 Å². The standard InChI is InChI=1S/C17H24N2O/c1-14(2)13-18-10-5-6-11-19-12-9-17(20)15-7-3-4-8-16(15)19/h3-4,7-9,12,14,18H,5-6,10-11,13H2,1-2H3. The maximum absolute atomic E-state index is 11.8. The molecule has 0 radical (unpaired) electrons. The van der Waals surface area contributed by atoms with Crippen molar-refractivity contribution < 1.29 is 0 Å². The molecule has 108 valence electrons. The summed E-state index contributed by atoms with van der Waals surface area (Å²) in [4.78, 5) is 11.8. The Bertz CT molecular complexity index is 601. The molecule has 0 atom stereocenters. The lowest BCUT2D eigenvalue weighted by Crippen LogP contribution is -2.21. The highest BCUT2D eigenvalue weighted by atomic mass is 16.1. The number of para-hydroxylation sites is 1. The second-order valence-electron chi connectivity index (χ2n) is 5.70. The van der Waals surface area contributed by atoms with E-state index in [0.717, 1.165) is 43.4 Å². The van der Waals surface area contributed by atoms with Crippen LogP contribution in [0.4, 0.5) is 0 Å². The van der Waals surface area contributed by atoms with Crippen LogP contribution in [0.25, 0.3) is 10.9 Å². The summed E-state index contributed by atoms with van der Waals surface area (Å²) in [5.41, 5.74) is 1.14. The summed E-state index contributed by atoms with van der Waals surface area (Å²) in [6, 6.07) is 9.50. The zero-order valence-corrected chi connectivity index (χ0v) is 12.4. The first-order chi connectivity index (χ1) is 9.68. The number of fused-ring (bicyclic) bond motifs is 1. The zero-order valence-electron chi connectivity index (χ0n) is 12.4. The van der Waals surface area contributed by atoms with Crippen LogP contribution in [0.3, 0.4) is 0 Å². The molecule has 1 aromatic carbocycles. The van der Waals surface area contributed by atoms with Crippen molar-refractivity contribution in [3.63, 3.8) is 0 Å². The molecule has 20 heavy (non-hydrogen) atoms. The topological polar surface area (TPSA) is 34.0 Å². The molecule has 3 nitrogen and oxygen atoms in total. The van der Waals surface area contributed by atoms with E-state index in [1.165, 1.54) is 0 Å². The fraction of sp³-hybridized carbons (Fsp3) is 0.471. The van der Waals surface area contributed by atoms with Gasteiger partial charge in [-0.1, -0.05) is 26.0 Å². The summed E-state index contributed by atoms with van der Waals surface area (Å²) < 4.78 is 2.18. The summed E-state index contributed by atoms with van der Waals surface area (Å²) in [7, 11) is 0. The van der Waals surface area contributed by atoms with Crippen LogP contribution in [0, 0.1) is 5.92 Å². The Balaban J connectivity index is 1.91. The van der Waals surface area contributed by atoms with Gasteiger partial charge in [-0.2, -0.15) is 0 Å². The number of benzene rings is 1. The van der Waals surface area contributed by atoms with Crippen molar-refractivity contribution in [2.75, 3.05) is 13.1 Å². The molecule has 2 aromatic rings. The molecule has 0 amide bonds. The van der Waals surface area contributed by atoms with Crippen molar-refractivity contribution in [1.29, 1.82) is 0 Å². The highest BCUT2D eigenvalue weighted by molar-refractivity contribution is 5.78. The van der Waals surface area contributed by atoms with Gasteiger partial charge in [-0.15, -0.1) is 0 Å². The molecule has 1 heterocycles. The number of unbranched alkanes of at least 4 members (excludes halogenated alkanes) is 1. The molecule has 0 fully saturated rings. The molecule has 1 aromatic heterocycles. The zero-order chi connectivity index (χ0) is 14.4. The first-order valence-electron chi connectivity index (χ1n) is 7.47. The number of aromatic nitrogens is 1. The predicted molar refractivity (Wildman–Crippen MR) is 85.1 cm³/mol. The summed E-state index contributed by atoms with van der Waals surface area (Å²) >= 11 is 0. The monoisotopic (exact) mass is 272 g/mol. The van der Waals surface area contributed by atoms with Crippen molar-refractivity contribution in [2.45, 2.75) is 33.2 Å². The normalized spacial score (nSPS) is 11.3. The molecule has 0 aliphatic rings. The van der Waals surface area contributed by atoms with E-state index in [9.17, 15) is 4.79 Å². The van der Waals surface area contributed by atoms with Crippen molar-refractivity contribution in [2.24, 2.45) is 5.92 Å². The van der Waals surface area contributed by atoms with Gasteiger partial charge in [-0.05, 0) is 44.0 Å². The van der Waals surface area contributed by atoms with Crippen LogP contribution in [0.1, 0.15) is 26.7 Å². The Morgan fingerprint density at radius 1 is 1.15 bits per heavy atom. The molecule has 0 unspecified atom stereocenters. The number of aryl methyl sites for hydroxylation is 1. The number of pyridine rings is 1. The molecule has 2 rings (SSSR count). The Morgan fingerprint density at radius 2 is 1.95 bits per heavy atom. The van der Waals surface area contributed by atoms with Gasteiger partial charge >= 0.3 is 0 Å². The molecule has 0 spiro atoms. The van der Waals surface area contributed by atoms with Crippen LogP contribution >= 0.6 is 0 Å². The highest BCUT2D eigenvalue weighted by Gasteiger charge is 2.01. The quantitative estimate of drug-likeness (QED) is 0.786. The Labute approximate surface area is 120 Å². The van der Waals surface area contributed by atoms with Crippen LogP contribution in [-0.4, -0.2) is 17.7 Å². The van der Waals surface area contributed by atoms with Crippen LogP contribution < -0.4 is 10.7 Å². The van der Waals surface area contributed by atoms with Crippen molar-refractivity contribution in [3.05, 3.63) is 46.8 Å². The van der Waals surface area contributed by atoms with Crippen molar-refractivity contribution in [1.82, 2.24) is 9.88 Å². The number of rotatable bonds is 7. The van der Waals surface area contributed by atoms with E-state index in [0.29, 0.717) is 5.92 Å². The number of hydrogen-bond acceptors (Lipinski definition) is 2. The van der Waals surface area contributed by atoms with Gasteiger partial charge in [0.2, 0.25) is 0 Å². The Kier molecular flexibility index (Phi) is 5.36. The van der Waals surface area contributed by atoms with Gasteiger partial charge in [0.25, 0.3) is 0 Å². The summed E-state index contributed by atoms with van der Waals surface area (Å²) in [6.45, 7) is 7.56. The fourth-order valence-corrected chi connectivity index (χ4v) is 2.38. The fourth-order valence-electron chi connectivity index (χ4n) is 2.38. The largest absolute Gasteiger partial charge is 0.347 e. The second-order valence-corrected chi connectivity index (χ2v) is 5.70. The van der Waals surface area contributed by atoms with E-state index in [1.54, 1.807) is 6.07 Å². The minimum atomic E-state index is 0.107. The molecular weight excluding hydrogens is 248 g/mol. The van der Waals surface area contributed by atoms with Gasteiger partial charge in [0, 0.05) is 24.2 Å². The molecule has 1 N–H and O–H groups in total. The highest BCUT2D eigenvalue weighted by Crippen LogP contribution is 2.10. The average molecular weight is 272 g/mol. The Hall–Kier alpha value is -1.61. The van der Waals surface area contributed by atoms with E-state index in [2.05, 4.69) is 23.7 Å². The lowest BCUT2D eigenvalue weighted by Gasteiger charge is -2.11. The third kappa shape index (κ3) is 3.94. The number of hydrogen-bond donors (Lipinski definition) is 1. The summed E-state index contributed by atoms with van der Waals surface area (Å²) in [5.74, 6) is 0.706. The number of nitrogens with one attached hydrogen (secondary N) is 1. The minimum Gasteiger partial charge on any atom is -0.347 e. The van der Waals surface area contributed by atoms with Gasteiger partial charge in [0.15, 0.2) is 5.43 Å². The van der Waals surface area contributed by atoms with Crippen molar-refractivity contribution >= 4 is 10.9 Å². The van der Waals surface area contributed by atoms with E-state index >= 15 is 0 Å². The van der Waals surface area contributed by atoms with Crippen molar-refractivity contribution in [3.8, 4) is 0 Å². The van der Waals surface area contributed by atoms with Gasteiger partial charge in [0.05, 0.1) is 5.52 Å². The van der Waals surface area contributed by atoms with Gasteiger partial charge < -0.3 is 9.88 Å². The summed E-state index contributed by atoms with van der Waals surface area (Å²) in [5, 5.41) is 4.27. The third-order valence-corrected chi connectivity index (χ3v) is 3.44. The van der Waals surface area contributed by atoms with Crippen LogP contribution in [0.5, 0.6) is 0 Å². The van der Waals surface area contributed by atoms with Gasteiger partial charge in [-0.25, -0.2) is 0 Å². The summed E-state index contributed by atoms with van der Waals surface area (Å²) in [6.07, 6.45) is 4.19. The minimum absolute atomic E-state index is 0.107. The molecule has 0 aliphatic heterocycles. The smallest absolute Gasteiger partial charge is 0.189 e. The van der Waals surface area contributed by atoms with Gasteiger partial charge in [-0.3, -0.25) is 4.79 Å². The van der Waals surface area contributed by atoms with Crippen LogP contribution in [0.2, 0.25) is 0 Å². The maximum atomic E-state index is 11.8. The maximum Gasteiger partial charge on any atom is 0.189 e. The molecule has 0 bridgehead atoms. The molecular formula is C17H24N2O. The third-order valence-electron chi connectivity index (χ3n) is 3.44. The first-order valence-corrected chi connectivity index (χ1v) is 7.47. The molecule has 0 saturated carbocycles. The van der Waals surface area contributed by atoms with Gasteiger partial charge in [0.1, 0.15) is 0 Å². The van der Waals surface area contributed by atoms with Crippen LogP contribution in [-0.2, 0) is 6.54 Å². The second kappa shape index (κ2) is 7.25. The Morgan fingerprint density at radius 3 is 2.75 bits per heavy atom. The molecule has 3 heteroatoms. The van der Waals surface area contributed by atoms with Crippen LogP contribution in [0.15, 0.2) is 41.3 Å². The number of nitrogens with zero attached hydrogens (tertiary/aromatic N) is 1. The molecule has 0 saturated heterocycles. The lowest BCUT2D eigenvalue weighted by atomic mass is 10.2. The van der Waals surface area contributed by atoms with E-state index in [1.807, 2.05) is 30.5 Å². The average Bonchev–Trinajstić information content (AvgIpc) is 2.45. The molecule has 0 aliphatic carbocycles.